The number of carbonyl (C=O) groups excluding carboxylic acids is 2. The van der Waals surface area contributed by atoms with Gasteiger partial charge in [-0.05, 0) is 47.6 Å². The molecule has 6 heteroatoms. The molecule has 2 bridgehead atoms. The number of carbonyl (C=O) groups is 2. The van der Waals surface area contributed by atoms with Crippen LogP contribution in [0.25, 0.3) is 10.8 Å². The van der Waals surface area contributed by atoms with E-state index >= 15 is 0 Å². The average Bonchev–Trinajstić information content (AvgIpc) is 3.47. The monoisotopic (exact) mass is 416 g/mol. The van der Waals surface area contributed by atoms with Crippen LogP contribution in [-0.4, -0.2) is 42.3 Å². The maximum Gasteiger partial charge on any atom is 0.233 e. The third-order valence-corrected chi connectivity index (χ3v) is 6.77. The predicted molar refractivity (Wildman–Crippen MR) is 121 cm³/mol. The highest BCUT2D eigenvalue weighted by molar-refractivity contribution is 6.06. The fourth-order valence-electron chi connectivity index (χ4n) is 5.32. The molecule has 4 unspecified atom stereocenters. The molecule has 4 atom stereocenters. The molecule has 6 nitrogen and oxygen atoms in total. The van der Waals surface area contributed by atoms with E-state index in [0.29, 0.717) is 25.6 Å². The Morgan fingerprint density at radius 1 is 1.00 bits per heavy atom. The van der Waals surface area contributed by atoms with Crippen LogP contribution in [0.15, 0.2) is 59.6 Å². The number of likely N-dealkylation sites (tertiary alicyclic amines) is 1. The summed E-state index contributed by atoms with van der Waals surface area (Å²) in [5.41, 5.74) is 1.14. The maximum atomic E-state index is 12.8. The molecule has 1 saturated carbocycles. The second kappa shape index (κ2) is 8.17. The second-order valence-electron chi connectivity index (χ2n) is 8.63. The van der Waals surface area contributed by atoms with E-state index in [0.717, 1.165) is 18.5 Å². The normalized spacial score (nSPS) is 26.7. The lowest BCUT2D eigenvalue weighted by Gasteiger charge is -2.18. The van der Waals surface area contributed by atoms with E-state index in [1.54, 1.807) is 0 Å². The lowest BCUT2D eigenvalue weighted by Crippen LogP contribution is -2.43. The van der Waals surface area contributed by atoms with Crippen molar-refractivity contribution in [2.45, 2.75) is 19.9 Å². The summed E-state index contributed by atoms with van der Waals surface area (Å²) in [5.74, 6) is 0.959. The Morgan fingerprint density at radius 2 is 1.71 bits per heavy atom. The zero-order valence-electron chi connectivity index (χ0n) is 17.8. The number of hydrogen-bond acceptors (Lipinski definition) is 3. The highest BCUT2D eigenvalue weighted by Crippen LogP contribution is 2.52. The SMILES string of the molecule is CCNC(=NCc1ccc2ccccc2c1)NCCN1C(=O)C2C3C=CC(C3)C2C1=O. The minimum Gasteiger partial charge on any atom is -0.357 e. The van der Waals surface area contributed by atoms with Gasteiger partial charge in [0.25, 0.3) is 0 Å². The van der Waals surface area contributed by atoms with Crippen LogP contribution in [0.2, 0.25) is 0 Å². The van der Waals surface area contributed by atoms with Crippen molar-refractivity contribution < 1.29 is 9.59 Å². The Bertz CT molecular complexity index is 1050. The predicted octanol–water partition coefficient (Wildman–Crippen LogP) is 2.70. The number of rotatable bonds is 6. The molecule has 160 valence electrons. The van der Waals surface area contributed by atoms with Gasteiger partial charge in [-0.25, -0.2) is 4.99 Å². The van der Waals surface area contributed by atoms with Crippen LogP contribution in [-0.2, 0) is 16.1 Å². The molecule has 1 heterocycles. The zero-order valence-corrected chi connectivity index (χ0v) is 17.8. The number of amides is 2. The highest BCUT2D eigenvalue weighted by atomic mass is 16.2. The van der Waals surface area contributed by atoms with Crippen LogP contribution in [0.1, 0.15) is 18.9 Å². The molecule has 2 aliphatic carbocycles. The van der Waals surface area contributed by atoms with Gasteiger partial charge in [-0.15, -0.1) is 0 Å². The van der Waals surface area contributed by atoms with Gasteiger partial charge >= 0.3 is 0 Å². The van der Waals surface area contributed by atoms with E-state index in [9.17, 15) is 9.59 Å². The standard InChI is InChI=1S/C25H28N4O2/c1-2-26-25(28-15-16-7-8-17-5-3-4-6-18(17)13-16)27-11-12-29-23(30)21-19-9-10-20(14-19)22(21)24(29)31/h3-10,13,19-22H,2,11-12,14-15H2,1H3,(H2,26,27,28). The largest absolute Gasteiger partial charge is 0.357 e. The molecule has 3 aliphatic rings. The van der Waals surface area contributed by atoms with Gasteiger partial charge in [0, 0.05) is 19.6 Å². The van der Waals surface area contributed by atoms with Crippen LogP contribution in [0, 0.1) is 23.7 Å². The minimum atomic E-state index is -0.127. The first-order valence-corrected chi connectivity index (χ1v) is 11.2. The number of benzene rings is 2. The summed E-state index contributed by atoms with van der Waals surface area (Å²) < 4.78 is 0. The van der Waals surface area contributed by atoms with Crippen molar-refractivity contribution >= 4 is 28.5 Å². The van der Waals surface area contributed by atoms with Crippen molar-refractivity contribution in [3.8, 4) is 0 Å². The number of nitrogens with zero attached hydrogens (tertiary/aromatic N) is 2. The summed E-state index contributed by atoms with van der Waals surface area (Å²) in [6, 6.07) is 14.7. The maximum absolute atomic E-state index is 12.8. The first-order valence-electron chi connectivity index (χ1n) is 11.2. The van der Waals surface area contributed by atoms with Crippen LogP contribution >= 0.6 is 0 Å². The van der Waals surface area contributed by atoms with Crippen molar-refractivity contribution in [1.82, 2.24) is 15.5 Å². The first-order chi connectivity index (χ1) is 15.2. The Morgan fingerprint density at radius 3 is 2.42 bits per heavy atom. The summed E-state index contributed by atoms with van der Waals surface area (Å²) in [5, 5.41) is 8.94. The summed E-state index contributed by atoms with van der Waals surface area (Å²) in [6.07, 6.45) is 5.22. The van der Waals surface area contributed by atoms with Gasteiger partial charge < -0.3 is 10.6 Å². The van der Waals surface area contributed by atoms with Crippen LogP contribution < -0.4 is 10.6 Å². The third-order valence-electron chi connectivity index (χ3n) is 6.77. The van der Waals surface area contributed by atoms with E-state index in [4.69, 9.17) is 0 Å². The number of imide groups is 1. The summed E-state index contributed by atoms with van der Waals surface area (Å²) in [6.45, 7) is 4.18. The van der Waals surface area contributed by atoms with E-state index in [1.165, 1.54) is 15.7 Å². The van der Waals surface area contributed by atoms with Crippen LogP contribution in [0.4, 0.5) is 0 Å². The second-order valence-corrected chi connectivity index (χ2v) is 8.63. The smallest absolute Gasteiger partial charge is 0.233 e. The summed E-state index contributed by atoms with van der Waals surface area (Å²) in [7, 11) is 0. The average molecular weight is 417 g/mol. The van der Waals surface area contributed by atoms with Gasteiger partial charge in [-0.1, -0.05) is 48.6 Å². The van der Waals surface area contributed by atoms with E-state index in [-0.39, 0.29) is 35.5 Å². The topological polar surface area (TPSA) is 73.8 Å². The third kappa shape index (κ3) is 3.60. The minimum absolute atomic E-state index is 0.00625. The number of aliphatic imine (C=N–C) groups is 1. The van der Waals surface area contributed by atoms with Gasteiger partial charge in [0.1, 0.15) is 0 Å². The quantitative estimate of drug-likeness (QED) is 0.329. The fourth-order valence-corrected chi connectivity index (χ4v) is 5.32. The van der Waals surface area contributed by atoms with Crippen LogP contribution in [0.5, 0.6) is 0 Å². The molecule has 2 N–H and O–H groups in total. The van der Waals surface area contributed by atoms with Crippen molar-refractivity contribution in [1.29, 1.82) is 0 Å². The number of fused-ring (bicyclic) bond motifs is 6. The molecule has 2 aromatic rings. The van der Waals surface area contributed by atoms with Crippen molar-refractivity contribution in [3.63, 3.8) is 0 Å². The molecule has 1 saturated heterocycles. The number of nitrogens with one attached hydrogen (secondary N) is 2. The lowest BCUT2D eigenvalue weighted by atomic mass is 9.85. The van der Waals surface area contributed by atoms with Crippen molar-refractivity contribution in [2.75, 3.05) is 19.6 Å². The number of allylic oxidation sites excluding steroid dienone is 2. The van der Waals surface area contributed by atoms with Gasteiger partial charge in [-0.2, -0.15) is 0 Å². The number of guanidine groups is 1. The van der Waals surface area contributed by atoms with Crippen LogP contribution in [0.3, 0.4) is 0 Å². The number of hydrogen-bond donors (Lipinski definition) is 2. The van der Waals surface area contributed by atoms with E-state index in [2.05, 4.69) is 58.1 Å². The molecule has 2 amide bonds. The Kier molecular flexibility index (Phi) is 5.22. The molecular weight excluding hydrogens is 388 g/mol. The molecule has 0 aromatic heterocycles. The molecule has 0 radical (unpaired) electrons. The van der Waals surface area contributed by atoms with Gasteiger partial charge in [-0.3, -0.25) is 14.5 Å². The van der Waals surface area contributed by atoms with Crippen molar-refractivity contribution in [3.05, 3.63) is 60.2 Å². The lowest BCUT2D eigenvalue weighted by molar-refractivity contribution is -0.140. The fraction of sp³-hybridized carbons (Fsp3) is 0.400. The van der Waals surface area contributed by atoms with Gasteiger partial charge in [0.15, 0.2) is 5.96 Å². The van der Waals surface area contributed by atoms with E-state index in [1.807, 2.05) is 19.1 Å². The molecule has 0 spiro atoms. The molecule has 2 aromatic carbocycles. The summed E-state index contributed by atoms with van der Waals surface area (Å²) >= 11 is 0. The zero-order chi connectivity index (χ0) is 21.4. The van der Waals surface area contributed by atoms with Gasteiger partial charge in [0.05, 0.1) is 18.4 Å². The Labute approximate surface area is 182 Å². The van der Waals surface area contributed by atoms with E-state index < -0.39 is 0 Å². The Hall–Kier alpha value is -3.15. The first kappa shape index (κ1) is 19.8. The van der Waals surface area contributed by atoms with Crippen molar-refractivity contribution in [2.24, 2.45) is 28.7 Å². The molecule has 5 rings (SSSR count). The molecule has 1 aliphatic heterocycles. The molecule has 31 heavy (non-hydrogen) atoms. The summed E-state index contributed by atoms with van der Waals surface area (Å²) in [4.78, 5) is 31.7. The Balaban J connectivity index is 1.19. The molecule has 2 fully saturated rings. The molecular formula is C25H28N4O2. The highest BCUT2D eigenvalue weighted by Gasteiger charge is 2.58. The van der Waals surface area contributed by atoms with Gasteiger partial charge in [0.2, 0.25) is 11.8 Å².